The van der Waals surface area contributed by atoms with Crippen molar-refractivity contribution in [2.24, 2.45) is 0 Å². The normalized spacial score (nSPS) is 18.4. The lowest BCUT2D eigenvalue weighted by atomic mass is 9.89. The van der Waals surface area contributed by atoms with Gasteiger partial charge in [0.2, 0.25) is 0 Å². The van der Waals surface area contributed by atoms with E-state index in [0.717, 1.165) is 30.6 Å². The summed E-state index contributed by atoms with van der Waals surface area (Å²) in [6.45, 7) is 0.607. The molecule has 1 aliphatic carbocycles. The van der Waals surface area contributed by atoms with E-state index in [1.54, 1.807) is 11.3 Å². The van der Waals surface area contributed by atoms with Crippen LogP contribution < -0.4 is 4.74 Å². The maximum absolute atomic E-state index is 9.98. The molecule has 0 fully saturated rings. The Hall–Kier alpha value is -1.32. The van der Waals surface area contributed by atoms with Gasteiger partial charge in [-0.25, -0.2) is 0 Å². The maximum atomic E-state index is 9.98. The van der Waals surface area contributed by atoms with Crippen LogP contribution in [0.15, 0.2) is 35.0 Å². The highest BCUT2D eigenvalue weighted by molar-refractivity contribution is 7.07. The zero-order valence-electron chi connectivity index (χ0n) is 10.1. The number of thiophene rings is 1. The fourth-order valence-corrected chi connectivity index (χ4v) is 3.11. The van der Waals surface area contributed by atoms with Gasteiger partial charge in [0.25, 0.3) is 0 Å². The van der Waals surface area contributed by atoms with Crippen LogP contribution in [-0.2, 0) is 13.0 Å². The number of aliphatic hydroxyl groups excluding tert-OH is 1. The first-order valence-electron chi connectivity index (χ1n) is 6.28. The third-order valence-electron chi connectivity index (χ3n) is 3.41. The molecule has 0 aliphatic heterocycles. The lowest BCUT2D eigenvalue weighted by molar-refractivity contribution is 0.155. The number of ether oxygens (including phenoxy) is 1. The van der Waals surface area contributed by atoms with Gasteiger partial charge in [-0.05, 0) is 58.8 Å². The van der Waals surface area contributed by atoms with Crippen molar-refractivity contribution in [3.05, 3.63) is 51.7 Å². The van der Waals surface area contributed by atoms with Gasteiger partial charge in [-0.2, -0.15) is 11.3 Å². The van der Waals surface area contributed by atoms with Crippen LogP contribution in [0.1, 0.15) is 35.6 Å². The predicted octanol–water partition coefficient (Wildman–Crippen LogP) is 3.70. The van der Waals surface area contributed by atoms with Crippen LogP contribution in [0.5, 0.6) is 5.75 Å². The molecule has 1 N–H and O–H groups in total. The largest absolute Gasteiger partial charge is 0.489 e. The molecule has 1 unspecified atom stereocenters. The molecule has 0 radical (unpaired) electrons. The molecule has 2 aromatic rings. The Bertz CT molecular complexity index is 519. The zero-order valence-corrected chi connectivity index (χ0v) is 11.0. The smallest absolute Gasteiger partial charge is 0.123 e. The second-order valence-corrected chi connectivity index (χ2v) is 5.43. The average molecular weight is 260 g/mol. The van der Waals surface area contributed by atoms with Crippen molar-refractivity contribution >= 4 is 11.3 Å². The van der Waals surface area contributed by atoms with Crippen molar-refractivity contribution in [3.8, 4) is 5.75 Å². The second kappa shape index (κ2) is 5.12. The summed E-state index contributed by atoms with van der Waals surface area (Å²) in [6.07, 6.45) is 2.58. The highest BCUT2D eigenvalue weighted by Gasteiger charge is 2.20. The molecule has 3 rings (SSSR count). The Morgan fingerprint density at radius 1 is 1.33 bits per heavy atom. The number of aliphatic hydroxyl groups is 1. The fourth-order valence-electron chi connectivity index (χ4n) is 2.46. The van der Waals surface area contributed by atoms with Gasteiger partial charge in [-0.1, -0.05) is 12.1 Å². The second-order valence-electron chi connectivity index (χ2n) is 4.65. The molecule has 1 aromatic heterocycles. The molecule has 0 saturated carbocycles. The molecule has 1 heterocycles. The standard InChI is InChI=1S/C15H16O2S/c16-14-5-1-4-13-12(14)3-2-6-15(13)17-9-11-7-8-18-10-11/h2-3,6-8,10,14,16H,1,4-5,9H2. The van der Waals surface area contributed by atoms with Gasteiger partial charge < -0.3 is 9.84 Å². The van der Waals surface area contributed by atoms with Gasteiger partial charge >= 0.3 is 0 Å². The Kier molecular flexibility index (Phi) is 3.35. The highest BCUT2D eigenvalue weighted by Crippen LogP contribution is 2.35. The van der Waals surface area contributed by atoms with Gasteiger partial charge in [0.1, 0.15) is 12.4 Å². The maximum Gasteiger partial charge on any atom is 0.123 e. The van der Waals surface area contributed by atoms with Gasteiger partial charge in [-0.3, -0.25) is 0 Å². The summed E-state index contributed by atoms with van der Waals surface area (Å²) < 4.78 is 5.89. The molecule has 1 aromatic carbocycles. The van der Waals surface area contributed by atoms with Crippen molar-refractivity contribution in [2.75, 3.05) is 0 Å². The minimum atomic E-state index is -0.321. The molecular weight excluding hydrogens is 244 g/mol. The monoisotopic (exact) mass is 260 g/mol. The van der Waals surface area contributed by atoms with Gasteiger partial charge in [-0.15, -0.1) is 0 Å². The van der Waals surface area contributed by atoms with E-state index in [1.807, 2.05) is 18.2 Å². The van der Waals surface area contributed by atoms with E-state index in [1.165, 1.54) is 11.1 Å². The fraction of sp³-hybridized carbons (Fsp3) is 0.333. The number of benzene rings is 1. The van der Waals surface area contributed by atoms with Gasteiger partial charge in [0.15, 0.2) is 0 Å². The lowest BCUT2D eigenvalue weighted by Crippen LogP contribution is -2.10. The molecule has 1 atom stereocenters. The Morgan fingerprint density at radius 2 is 2.28 bits per heavy atom. The molecule has 94 valence electrons. The quantitative estimate of drug-likeness (QED) is 0.912. The Balaban J connectivity index is 1.82. The topological polar surface area (TPSA) is 29.5 Å². The third kappa shape index (κ3) is 2.28. The van der Waals surface area contributed by atoms with E-state index >= 15 is 0 Å². The number of hydrogen-bond donors (Lipinski definition) is 1. The summed E-state index contributed by atoms with van der Waals surface area (Å²) in [5, 5.41) is 14.1. The van der Waals surface area contributed by atoms with E-state index in [-0.39, 0.29) is 6.10 Å². The first-order valence-corrected chi connectivity index (χ1v) is 7.22. The van der Waals surface area contributed by atoms with Crippen LogP contribution in [0.2, 0.25) is 0 Å². The summed E-state index contributed by atoms with van der Waals surface area (Å²) in [6, 6.07) is 8.06. The molecule has 0 saturated heterocycles. The third-order valence-corrected chi connectivity index (χ3v) is 4.14. The Labute approximate surface area is 111 Å². The van der Waals surface area contributed by atoms with Crippen molar-refractivity contribution in [1.82, 2.24) is 0 Å². The van der Waals surface area contributed by atoms with E-state index in [2.05, 4.69) is 16.8 Å². The Morgan fingerprint density at radius 3 is 3.11 bits per heavy atom. The van der Waals surface area contributed by atoms with Crippen LogP contribution in [0, 0.1) is 0 Å². The molecule has 0 bridgehead atoms. The number of rotatable bonds is 3. The van der Waals surface area contributed by atoms with E-state index in [0.29, 0.717) is 6.61 Å². The minimum absolute atomic E-state index is 0.321. The predicted molar refractivity (Wildman–Crippen MR) is 73.0 cm³/mol. The van der Waals surface area contributed by atoms with Crippen LogP contribution in [0.3, 0.4) is 0 Å². The van der Waals surface area contributed by atoms with Crippen molar-refractivity contribution < 1.29 is 9.84 Å². The first kappa shape index (κ1) is 11.8. The van der Waals surface area contributed by atoms with Crippen LogP contribution >= 0.6 is 11.3 Å². The molecule has 3 heteroatoms. The molecule has 0 amide bonds. The first-order chi connectivity index (χ1) is 8.84. The lowest BCUT2D eigenvalue weighted by Gasteiger charge is -2.23. The summed E-state index contributed by atoms with van der Waals surface area (Å²) in [5.41, 5.74) is 3.43. The van der Waals surface area contributed by atoms with E-state index < -0.39 is 0 Å². The van der Waals surface area contributed by atoms with Crippen LogP contribution in [0.4, 0.5) is 0 Å². The zero-order chi connectivity index (χ0) is 12.4. The molecule has 18 heavy (non-hydrogen) atoms. The summed E-state index contributed by atoms with van der Waals surface area (Å²) in [4.78, 5) is 0. The van der Waals surface area contributed by atoms with Crippen LogP contribution in [0.25, 0.3) is 0 Å². The molecular formula is C15H16O2S. The minimum Gasteiger partial charge on any atom is -0.489 e. The molecule has 0 spiro atoms. The number of hydrogen-bond acceptors (Lipinski definition) is 3. The van der Waals surface area contributed by atoms with E-state index in [4.69, 9.17) is 4.74 Å². The summed E-state index contributed by atoms with van der Waals surface area (Å²) in [5.74, 6) is 0.928. The molecule has 1 aliphatic rings. The summed E-state index contributed by atoms with van der Waals surface area (Å²) in [7, 11) is 0. The van der Waals surface area contributed by atoms with Crippen molar-refractivity contribution in [1.29, 1.82) is 0 Å². The summed E-state index contributed by atoms with van der Waals surface area (Å²) >= 11 is 1.68. The average Bonchev–Trinajstić information content (AvgIpc) is 2.90. The van der Waals surface area contributed by atoms with Crippen molar-refractivity contribution in [3.63, 3.8) is 0 Å². The SMILES string of the molecule is OC1CCCc2c(OCc3ccsc3)cccc21. The van der Waals surface area contributed by atoms with E-state index in [9.17, 15) is 5.11 Å². The van der Waals surface area contributed by atoms with Gasteiger partial charge in [0, 0.05) is 0 Å². The van der Waals surface area contributed by atoms with Gasteiger partial charge in [0.05, 0.1) is 6.10 Å². The molecule has 2 nitrogen and oxygen atoms in total. The highest BCUT2D eigenvalue weighted by atomic mass is 32.1. The van der Waals surface area contributed by atoms with Crippen molar-refractivity contribution in [2.45, 2.75) is 32.0 Å². The number of fused-ring (bicyclic) bond motifs is 1. The van der Waals surface area contributed by atoms with Crippen LogP contribution in [-0.4, -0.2) is 5.11 Å².